The molecule has 2 unspecified atom stereocenters. The molecule has 1 aliphatic heterocycles. The molecule has 21 heavy (non-hydrogen) atoms. The number of aliphatic imine (C=N–C) groups is 1. The van der Waals surface area contributed by atoms with Crippen molar-refractivity contribution in [2.24, 2.45) is 10.9 Å². The van der Waals surface area contributed by atoms with Gasteiger partial charge in [-0.25, -0.2) is 0 Å². The Morgan fingerprint density at radius 2 is 2.33 bits per heavy atom. The van der Waals surface area contributed by atoms with Gasteiger partial charge in [0, 0.05) is 45.4 Å². The number of guanidine groups is 1. The van der Waals surface area contributed by atoms with Gasteiger partial charge in [0.2, 0.25) is 0 Å². The summed E-state index contributed by atoms with van der Waals surface area (Å²) in [6.45, 7) is 9.71. The molecule has 0 aliphatic carbocycles. The van der Waals surface area contributed by atoms with Crippen molar-refractivity contribution in [3.63, 3.8) is 0 Å². The van der Waals surface area contributed by atoms with Crippen molar-refractivity contribution in [1.82, 2.24) is 10.6 Å². The van der Waals surface area contributed by atoms with Crippen LogP contribution >= 0.6 is 0 Å². The number of hydrogen-bond acceptors (Lipinski definition) is 4. The zero-order chi connectivity index (χ0) is 15.3. The third-order valence-electron chi connectivity index (χ3n) is 3.24. The quantitative estimate of drug-likeness (QED) is 0.358. The fourth-order valence-electron chi connectivity index (χ4n) is 2.17. The molecule has 0 aromatic rings. The standard InChI is InChI=1S/C15H31N3O3/c1-4-16-15(18-13(2)10-19-3)17-7-5-8-20-11-14-6-9-21-12-14/h13-14H,4-12H2,1-3H3,(H2,16,17,18). The predicted octanol–water partition coefficient (Wildman–Crippen LogP) is 1.02. The topological polar surface area (TPSA) is 64.1 Å². The van der Waals surface area contributed by atoms with E-state index in [0.29, 0.717) is 12.5 Å². The van der Waals surface area contributed by atoms with Crippen LogP contribution in [0.4, 0.5) is 0 Å². The Morgan fingerprint density at radius 3 is 3.00 bits per heavy atom. The number of methoxy groups -OCH3 is 1. The summed E-state index contributed by atoms with van der Waals surface area (Å²) in [4.78, 5) is 4.54. The molecule has 0 radical (unpaired) electrons. The van der Waals surface area contributed by atoms with Gasteiger partial charge in [0.1, 0.15) is 0 Å². The molecule has 1 heterocycles. The van der Waals surface area contributed by atoms with Crippen LogP contribution in [-0.2, 0) is 14.2 Å². The second-order valence-electron chi connectivity index (χ2n) is 5.42. The van der Waals surface area contributed by atoms with Crippen LogP contribution in [0.25, 0.3) is 0 Å². The molecule has 6 heteroatoms. The van der Waals surface area contributed by atoms with E-state index in [2.05, 4.69) is 29.5 Å². The number of nitrogens with one attached hydrogen (secondary N) is 2. The van der Waals surface area contributed by atoms with Crippen LogP contribution in [0, 0.1) is 5.92 Å². The van der Waals surface area contributed by atoms with E-state index in [4.69, 9.17) is 14.2 Å². The van der Waals surface area contributed by atoms with Crippen LogP contribution in [-0.4, -0.2) is 65.2 Å². The van der Waals surface area contributed by atoms with Gasteiger partial charge >= 0.3 is 0 Å². The average molecular weight is 301 g/mol. The van der Waals surface area contributed by atoms with E-state index in [-0.39, 0.29) is 6.04 Å². The molecule has 124 valence electrons. The highest BCUT2D eigenvalue weighted by Crippen LogP contribution is 2.12. The fourth-order valence-corrected chi connectivity index (χ4v) is 2.17. The fraction of sp³-hybridized carbons (Fsp3) is 0.933. The maximum absolute atomic E-state index is 5.67. The highest BCUT2D eigenvalue weighted by Gasteiger charge is 2.15. The van der Waals surface area contributed by atoms with Gasteiger partial charge in [-0.1, -0.05) is 0 Å². The maximum Gasteiger partial charge on any atom is 0.191 e. The first-order valence-corrected chi connectivity index (χ1v) is 7.95. The minimum atomic E-state index is 0.242. The summed E-state index contributed by atoms with van der Waals surface area (Å²) >= 11 is 0. The lowest BCUT2D eigenvalue weighted by molar-refractivity contribution is 0.0893. The van der Waals surface area contributed by atoms with Crippen molar-refractivity contribution in [1.29, 1.82) is 0 Å². The van der Waals surface area contributed by atoms with Crippen molar-refractivity contribution in [3.05, 3.63) is 0 Å². The molecule has 2 atom stereocenters. The molecule has 0 aromatic heterocycles. The van der Waals surface area contributed by atoms with Crippen LogP contribution in [0.3, 0.4) is 0 Å². The first-order chi connectivity index (χ1) is 10.3. The molecule has 0 aromatic carbocycles. The molecule has 1 saturated heterocycles. The molecular formula is C15H31N3O3. The van der Waals surface area contributed by atoms with Crippen LogP contribution in [0.5, 0.6) is 0 Å². The lowest BCUT2D eigenvalue weighted by Crippen LogP contribution is -2.44. The van der Waals surface area contributed by atoms with E-state index in [1.165, 1.54) is 0 Å². The zero-order valence-corrected chi connectivity index (χ0v) is 13.7. The summed E-state index contributed by atoms with van der Waals surface area (Å²) in [6.07, 6.45) is 2.06. The second-order valence-corrected chi connectivity index (χ2v) is 5.42. The summed E-state index contributed by atoms with van der Waals surface area (Å²) < 4.78 is 16.1. The van der Waals surface area contributed by atoms with E-state index in [9.17, 15) is 0 Å². The van der Waals surface area contributed by atoms with Crippen molar-refractivity contribution >= 4 is 5.96 Å². The first kappa shape index (κ1) is 18.2. The lowest BCUT2D eigenvalue weighted by atomic mass is 10.1. The summed E-state index contributed by atoms with van der Waals surface area (Å²) in [6, 6.07) is 0.242. The van der Waals surface area contributed by atoms with Gasteiger partial charge in [0.15, 0.2) is 5.96 Å². The Kier molecular flexibility index (Phi) is 10.2. The number of nitrogens with zero attached hydrogens (tertiary/aromatic N) is 1. The third kappa shape index (κ3) is 8.90. The van der Waals surface area contributed by atoms with E-state index in [0.717, 1.165) is 58.3 Å². The first-order valence-electron chi connectivity index (χ1n) is 7.95. The molecule has 1 fully saturated rings. The van der Waals surface area contributed by atoms with Gasteiger partial charge in [-0.3, -0.25) is 4.99 Å². The van der Waals surface area contributed by atoms with Gasteiger partial charge in [-0.15, -0.1) is 0 Å². The average Bonchev–Trinajstić information content (AvgIpc) is 2.96. The predicted molar refractivity (Wildman–Crippen MR) is 84.8 cm³/mol. The van der Waals surface area contributed by atoms with Crippen LogP contribution in [0.2, 0.25) is 0 Å². The summed E-state index contributed by atoms with van der Waals surface area (Å²) in [7, 11) is 1.70. The molecule has 1 rings (SSSR count). The van der Waals surface area contributed by atoms with Gasteiger partial charge in [0.05, 0.1) is 19.8 Å². The number of rotatable bonds is 10. The van der Waals surface area contributed by atoms with Crippen molar-refractivity contribution in [3.8, 4) is 0 Å². The van der Waals surface area contributed by atoms with E-state index in [1.54, 1.807) is 7.11 Å². The number of ether oxygens (including phenoxy) is 3. The van der Waals surface area contributed by atoms with Crippen LogP contribution in [0.15, 0.2) is 4.99 Å². The molecular weight excluding hydrogens is 270 g/mol. The Balaban J connectivity index is 2.11. The Hall–Kier alpha value is -0.850. The Morgan fingerprint density at radius 1 is 1.48 bits per heavy atom. The lowest BCUT2D eigenvalue weighted by Gasteiger charge is -2.17. The largest absolute Gasteiger partial charge is 0.383 e. The maximum atomic E-state index is 5.67. The molecule has 6 nitrogen and oxygen atoms in total. The SMILES string of the molecule is CCNC(=NCCCOCC1CCOC1)NC(C)COC. The summed E-state index contributed by atoms with van der Waals surface area (Å²) in [5, 5.41) is 6.54. The minimum Gasteiger partial charge on any atom is -0.383 e. The monoisotopic (exact) mass is 301 g/mol. The highest BCUT2D eigenvalue weighted by molar-refractivity contribution is 5.80. The zero-order valence-electron chi connectivity index (χ0n) is 13.7. The van der Waals surface area contributed by atoms with Crippen LogP contribution in [0.1, 0.15) is 26.7 Å². The molecule has 0 saturated carbocycles. The normalized spacial score (nSPS) is 20.5. The van der Waals surface area contributed by atoms with E-state index in [1.807, 2.05) is 0 Å². The van der Waals surface area contributed by atoms with Gasteiger partial charge < -0.3 is 24.8 Å². The molecule has 0 bridgehead atoms. The Labute approximate surface area is 128 Å². The smallest absolute Gasteiger partial charge is 0.191 e. The Bertz CT molecular complexity index is 281. The molecule has 2 N–H and O–H groups in total. The third-order valence-corrected chi connectivity index (χ3v) is 3.24. The number of hydrogen-bond donors (Lipinski definition) is 2. The highest BCUT2D eigenvalue weighted by atomic mass is 16.5. The van der Waals surface area contributed by atoms with Crippen molar-refractivity contribution in [2.75, 3.05) is 53.2 Å². The van der Waals surface area contributed by atoms with Gasteiger partial charge in [0.25, 0.3) is 0 Å². The second kappa shape index (κ2) is 11.8. The van der Waals surface area contributed by atoms with Crippen molar-refractivity contribution in [2.45, 2.75) is 32.7 Å². The molecule has 0 amide bonds. The molecule has 0 spiro atoms. The van der Waals surface area contributed by atoms with Gasteiger partial charge in [-0.2, -0.15) is 0 Å². The minimum absolute atomic E-state index is 0.242. The van der Waals surface area contributed by atoms with E-state index >= 15 is 0 Å². The van der Waals surface area contributed by atoms with Crippen LogP contribution < -0.4 is 10.6 Å². The van der Waals surface area contributed by atoms with E-state index < -0.39 is 0 Å². The van der Waals surface area contributed by atoms with Crippen molar-refractivity contribution < 1.29 is 14.2 Å². The summed E-state index contributed by atoms with van der Waals surface area (Å²) in [5.41, 5.74) is 0. The van der Waals surface area contributed by atoms with Gasteiger partial charge in [-0.05, 0) is 26.7 Å². The summed E-state index contributed by atoms with van der Waals surface area (Å²) in [5.74, 6) is 1.42. The molecule has 1 aliphatic rings.